The number of anilines is 2. The fourth-order valence-electron chi connectivity index (χ4n) is 3.15. The van der Waals surface area contributed by atoms with Gasteiger partial charge >= 0.3 is 0 Å². The third kappa shape index (κ3) is 2.22. The molecule has 0 N–H and O–H groups in total. The van der Waals surface area contributed by atoms with Crippen molar-refractivity contribution in [3.63, 3.8) is 0 Å². The normalized spacial score (nSPS) is 18.8. The number of hydrogen-bond acceptors (Lipinski definition) is 6. The zero-order valence-corrected chi connectivity index (χ0v) is 14.4. The second kappa shape index (κ2) is 6.14. The predicted molar refractivity (Wildman–Crippen MR) is 97.6 cm³/mol. The summed E-state index contributed by atoms with van der Waals surface area (Å²) >= 11 is 0. The van der Waals surface area contributed by atoms with Crippen molar-refractivity contribution in [3.05, 3.63) is 47.8 Å². The molecule has 0 atom stereocenters. The maximum Gasteiger partial charge on any atom is 0.280 e. The second-order valence-corrected chi connectivity index (χ2v) is 5.75. The zero-order valence-electron chi connectivity index (χ0n) is 14.4. The summed E-state index contributed by atoms with van der Waals surface area (Å²) in [7, 11) is 0. The average molecular weight is 348 g/mol. The summed E-state index contributed by atoms with van der Waals surface area (Å²) in [5, 5.41) is 8.28. The van der Waals surface area contributed by atoms with Crippen LogP contribution < -0.4 is 9.80 Å². The van der Waals surface area contributed by atoms with Crippen LogP contribution in [0.2, 0.25) is 0 Å². The third-order valence-corrected chi connectivity index (χ3v) is 4.37. The number of nitrogens with zero attached hydrogens (tertiary/aromatic N) is 6. The molecule has 0 aliphatic carbocycles. The zero-order chi connectivity index (χ0) is 18.3. The van der Waals surface area contributed by atoms with Crippen LogP contribution in [0.4, 0.5) is 11.6 Å². The highest BCUT2D eigenvalue weighted by atomic mass is 16.2. The molecule has 8 heteroatoms. The number of likely N-dealkylation sites (N-methyl/N-ethyl adjacent to an activating group) is 2. The smallest absolute Gasteiger partial charge is 0.280 e. The molecule has 0 bridgehead atoms. The molecule has 0 aromatic carbocycles. The number of rotatable bonds is 3. The fourth-order valence-corrected chi connectivity index (χ4v) is 3.15. The van der Waals surface area contributed by atoms with Gasteiger partial charge in [-0.2, -0.15) is 0 Å². The van der Waals surface area contributed by atoms with Gasteiger partial charge < -0.3 is 0 Å². The van der Waals surface area contributed by atoms with E-state index >= 15 is 0 Å². The van der Waals surface area contributed by atoms with Crippen molar-refractivity contribution < 1.29 is 9.59 Å². The van der Waals surface area contributed by atoms with Gasteiger partial charge in [0.15, 0.2) is 11.4 Å². The Labute approximate surface area is 149 Å². The van der Waals surface area contributed by atoms with E-state index in [-0.39, 0.29) is 23.2 Å². The Balaban J connectivity index is 1.81. The molecule has 0 fully saturated rings. The van der Waals surface area contributed by atoms with Crippen LogP contribution in [0.5, 0.6) is 0 Å². The molecule has 130 valence electrons. The molecule has 0 spiro atoms. The molecule has 2 aliphatic rings. The fraction of sp³-hybridized carbons (Fsp3) is 0.222. The first-order valence-electron chi connectivity index (χ1n) is 8.37. The van der Waals surface area contributed by atoms with Gasteiger partial charge in [-0.05, 0) is 38.1 Å². The van der Waals surface area contributed by atoms with E-state index in [0.29, 0.717) is 35.9 Å². The Hall–Kier alpha value is -3.42. The van der Waals surface area contributed by atoms with Gasteiger partial charge in [0.05, 0.1) is 11.1 Å². The third-order valence-electron chi connectivity index (χ3n) is 4.37. The lowest BCUT2D eigenvalue weighted by atomic mass is 10.2. The van der Waals surface area contributed by atoms with Crippen LogP contribution in [0, 0.1) is 0 Å². The van der Waals surface area contributed by atoms with Crippen LogP contribution >= 0.6 is 0 Å². The Bertz CT molecular complexity index is 902. The Kier molecular flexibility index (Phi) is 3.80. The molecule has 0 radical (unpaired) electrons. The molecule has 4 rings (SSSR count). The molecule has 2 aromatic heterocycles. The van der Waals surface area contributed by atoms with E-state index in [9.17, 15) is 9.59 Å². The Morgan fingerprint density at radius 1 is 0.808 bits per heavy atom. The number of carbonyl (C=O) groups excluding carboxylic acids is 2. The predicted octanol–water partition coefficient (Wildman–Crippen LogP) is 1.40. The molecule has 8 nitrogen and oxygen atoms in total. The first-order valence-corrected chi connectivity index (χ1v) is 8.37. The lowest BCUT2D eigenvalue weighted by Gasteiger charge is -2.11. The van der Waals surface area contributed by atoms with Gasteiger partial charge in [-0.1, -0.05) is 0 Å². The van der Waals surface area contributed by atoms with Crippen molar-refractivity contribution in [1.29, 1.82) is 0 Å². The lowest BCUT2D eigenvalue weighted by Crippen LogP contribution is -2.31. The van der Waals surface area contributed by atoms with Crippen molar-refractivity contribution in [2.45, 2.75) is 13.8 Å². The number of carbonyl (C=O) groups is 2. The van der Waals surface area contributed by atoms with Gasteiger partial charge in [0.25, 0.3) is 11.8 Å². The van der Waals surface area contributed by atoms with Crippen LogP contribution in [0.3, 0.4) is 0 Å². The number of pyridine rings is 2. The van der Waals surface area contributed by atoms with E-state index in [1.807, 2.05) is 13.8 Å². The van der Waals surface area contributed by atoms with Crippen LogP contribution in [0.1, 0.15) is 25.0 Å². The van der Waals surface area contributed by atoms with Crippen molar-refractivity contribution in [2.75, 3.05) is 22.9 Å². The van der Waals surface area contributed by atoms with Crippen molar-refractivity contribution in [3.8, 4) is 0 Å². The molecule has 2 aromatic rings. The Morgan fingerprint density at radius 3 is 1.62 bits per heavy atom. The van der Waals surface area contributed by atoms with Gasteiger partial charge in [-0.15, -0.1) is 10.2 Å². The first kappa shape index (κ1) is 16.1. The highest BCUT2D eigenvalue weighted by Gasteiger charge is 2.36. The molecule has 2 aliphatic heterocycles. The maximum absolute atomic E-state index is 12.6. The molecule has 26 heavy (non-hydrogen) atoms. The van der Waals surface area contributed by atoms with Crippen LogP contribution in [-0.2, 0) is 9.59 Å². The number of fused-ring (bicyclic) bond motifs is 2. The van der Waals surface area contributed by atoms with Crippen molar-refractivity contribution in [2.24, 2.45) is 10.2 Å². The van der Waals surface area contributed by atoms with Gasteiger partial charge in [-0.25, -0.2) is 9.97 Å². The highest BCUT2D eigenvalue weighted by Crippen LogP contribution is 2.28. The summed E-state index contributed by atoms with van der Waals surface area (Å²) in [5.74, 6) is 0.590. The summed E-state index contributed by atoms with van der Waals surface area (Å²) in [4.78, 5) is 36.8. The molecular formula is C18H16N6O2. The minimum atomic E-state index is -0.269. The standard InChI is InChI=1S/C18H16N6O2/c1-3-23-15-11(7-5-9-19-15)13(17(23)25)21-22-14-12-8-6-10-20-16(12)24(4-2)18(14)26/h5-10H,3-4H2,1-2H3. The van der Waals surface area contributed by atoms with Crippen LogP contribution in [0.15, 0.2) is 46.9 Å². The van der Waals surface area contributed by atoms with E-state index in [1.165, 1.54) is 0 Å². The van der Waals surface area contributed by atoms with E-state index < -0.39 is 0 Å². The lowest BCUT2D eigenvalue weighted by molar-refractivity contribution is -0.113. The highest BCUT2D eigenvalue weighted by molar-refractivity contribution is 6.55. The maximum atomic E-state index is 12.6. The summed E-state index contributed by atoms with van der Waals surface area (Å²) in [6, 6.07) is 7.04. The summed E-state index contributed by atoms with van der Waals surface area (Å²) in [5.41, 5.74) is 1.62. The van der Waals surface area contributed by atoms with Crippen molar-refractivity contribution >= 4 is 34.9 Å². The monoisotopic (exact) mass is 348 g/mol. The van der Waals surface area contributed by atoms with Gasteiger partial charge in [0.2, 0.25) is 0 Å². The molecule has 2 amide bonds. The van der Waals surface area contributed by atoms with E-state index in [0.717, 1.165) is 0 Å². The van der Waals surface area contributed by atoms with Gasteiger partial charge in [0, 0.05) is 25.5 Å². The average Bonchev–Trinajstić information content (AvgIpc) is 3.10. The first-order chi connectivity index (χ1) is 12.7. The quantitative estimate of drug-likeness (QED) is 0.784. The summed E-state index contributed by atoms with van der Waals surface area (Å²) in [6.07, 6.45) is 3.26. The Morgan fingerprint density at radius 2 is 1.23 bits per heavy atom. The van der Waals surface area contributed by atoms with E-state index in [2.05, 4.69) is 20.2 Å². The van der Waals surface area contributed by atoms with E-state index in [4.69, 9.17) is 0 Å². The minimum absolute atomic E-state index is 0.190. The van der Waals surface area contributed by atoms with Crippen LogP contribution in [-0.4, -0.2) is 46.3 Å². The molecule has 4 heterocycles. The van der Waals surface area contributed by atoms with Crippen LogP contribution in [0.25, 0.3) is 0 Å². The SMILES string of the molecule is CCN1C(=O)C(=NN=C2C(=O)N(CC)c3ncccc32)c2cccnc21. The topological polar surface area (TPSA) is 91.1 Å². The number of hydrogen-bond donors (Lipinski definition) is 0. The molecular weight excluding hydrogens is 332 g/mol. The number of amides is 2. The van der Waals surface area contributed by atoms with Crippen molar-refractivity contribution in [1.82, 2.24) is 9.97 Å². The molecule has 0 saturated carbocycles. The molecule has 0 unspecified atom stereocenters. The van der Waals surface area contributed by atoms with Gasteiger partial charge in [0.1, 0.15) is 11.6 Å². The van der Waals surface area contributed by atoms with E-state index in [1.54, 1.807) is 46.5 Å². The molecule has 0 saturated heterocycles. The second-order valence-electron chi connectivity index (χ2n) is 5.75. The minimum Gasteiger partial charge on any atom is -0.291 e. The summed E-state index contributed by atoms with van der Waals surface area (Å²) < 4.78 is 0. The van der Waals surface area contributed by atoms with Gasteiger partial charge in [-0.3, -0.25) is 19.4 Å². The summed E-state index contributed by atoms with van der Waals surface area (Å²) in [6.45, 7) is 4.70. The number of aromatic nitrogens is 2. The largest absolute Gasteiger partial charge is 0.291 e.